The number of hydrogen-bond donors (Lipinski definition) is 1. The molecule has 0 aliphatic heterocycles. The molecule has 0 spiro atoms. The van der Waals surface area contributed by atoms with Gasteiger partial charge in [-0.3, -0.25) is 4.79 Å². The highest BCUT2D eigenvalue weighted by atomic mass is 16.5. The van der Waals surface area contributed by atoms with Crippen molar-refractivity contribution in [3.63, 3.8) is 0 Å². The zero-order valence-corrected chi connectivity index (χ0v) is 16.7. The second-order valence-electron chi connectivity index (χ2n) is 5.76. The first-order chi connectivity index (χ1) is 13.6. The van der Waals surface area contributed by atoms with Crippen molar-refractivity contribution in [1.29, 1.82) is 0 Å². The highest BCUT2D eigenvalue weighted by Gasteiger charge is 2.11. The van der Waals surface area contributed by atoms with E-state index in [0.717, 1.165) is 12.0 Å². The number of nitrogens with one attached hydrogen (secondary N) is 1. The molecular formula is C21H26N2O5. The summed E-state index contributed by atoms with van der Waals surface area (Å²) >= 11 is 0. The summed E-state index contributed by atoms with van der Waals surface area (Å²) in [5, 5.41) is 4.00. The van der Waals surface area contributed by atoms with Gasteiger partial charge in [0, 0.05) is 5.56 Å². The average Bonchev–Trinajstić information content (AvgIpc) is 2.73. The number of carbonyl (C=O) groups is 1. The van der Waals surface area contributed by atoms with Crippen LogP contribution in [0.25, 0.3) is 0 Å². The van der Waals surface area contributed by atoms with Gasteiger partial charge in [-0.25, -0.2) is 5.43 Å². The van der Waals surface area contributed by atoms with E-state index in [0.29, 0.717) is 41.8 Å². The molecule has 28 heavy (non-hydrogen) atoms. The predicted octanol–water partition coefficient (Wildman–Crippen LogP) is 3.66. The molecule has 2 rings (SSSR count). The molecule has 0 fully saturated rings. The van der Waals surface area contributed by atoms with E-state index in [1.54, 1.807) is 37.4 Å². The van der Waals surface area contributed by atoms with Crippen LogP contribution in [0.2, 0.25) is 0 Å². The van der Waals surface area contributed by atoms with E-state index in [9.17, 15) is 4.79 Å². The van der Waals surface area contributed by atoms with Gasteiger partial charge in [0.15, 0.2) is 23.0 Å². The number of methoxy groups -OCH3 is 2. The molecule has 0 unspecified atom stereocenters. The maximum atomic E-state index is 12.3. The molecule has 0 aliphatic carbocycles. The number of carbonyl (C=O) groups excluding carboxylic acids is 1. The number of nitrogens with zero attached hydrogens (tertiary/aromatic N) is 1. The average molecular weight is 386 g/mol. The molecule has 1 N–H and O–H groups in total. The molecule has 0 aliphatic rings. The number of hydrazone groups is 1. The lowest BCUT2D eigenvalue weighted by Gasteiger charge is -2.11. The smallest absolute Gasteiger partial charge is 0.271 e. The van der Waals surface area contributed by atoms with Crippen molar-refractivity contribution in [3.05, 3.63) is 47.5 Å². The quantitative estimate of drug-likeness (QED) is 0.498. The lowest BCUT2D eigenvalue weighted by molar-refractivity contribution is 0.0954. The summed E-state index contributed by atoms with van der Waals surface area (Å²) in [6.45, 7) is 5.05. The van der Waals surface area contributed by atoms with Crippen molar-refractivity contribution in [2.45, 2.75) is 20.3 Å². The predicted molar refractivity (Wildman–Crippen MR) is 108 cm³/mol. The molecule has 7 heteroatoms. The molecule has 0 radical (unpaired) electrons. The number of ether oxygens (including phenoxy) is 4. The minimum absolute atomic E-state index is 0.352. The molecule has 0 bridgehead atoms. The Labute approximate surface area is 165 Å². The monoisotopic (exact) mass is 386 g/mol. The third-order valence-electron chi connectivity index (χ3n) is 3.75. The lowest BCUT2D eigenvalue weighted by Crippen LogP contribution is -2.17. The van der Waals surface area contributed by atoms with Gasteiger partial charge < -0.3 is 18.9 Å². The maximum absolute atomic E-state index is 12.3. The van der Waals surface area contributed by atoms with E-state index in [-0.39, 0.29) is 5.91 Å². The molecule has 0 saturated carbocycles. The van der Waals surface area contributed by atoms with E-state index < -0.39 is 0 Å². The van der Waals surface area contributed by atoms with Crippen molar-refractivity contribution in [3.8, 4) is 23.0 Å². The molecule has 0 heterocycles. The topological polar surface area (TPSA) is 78.4 Å². The van der Waals surface area contributed by atoms with Crippen LogP contribution < -0.4 is 24.4 Å². The summed E-state index contributed by atoms with van der Waals surface area (Å²) in [4.78, 5) is 12.3. The van der Waals surface area contributed by atoms with Crippen LogP contribution in [0.3, 0.4) is 0 Å². The van der Waals surface area contributed by atoms with Crippen LogP contribution in [0.4, 0.5) is 0 Å². The summed E-state index contributed by atoms with van der Waals surface area (Å²) in [6, 6.07) is 10.4. The van der Waals surface area contributed by atoms with E-state index in [2.05, 4.69) is 10.5 Å². The van der Waals surface area contributed by atoms with Crippen molar-refractivity contribution in [1.82, 2.24) is 5.43 Å². The molecule has 2 aromatic rings. The number of amides is 1. The second-order valence-corrected chi connectivity index (χ2v) is 5.76. The van der Waals surface area contributed by atoms with E-state index >= 15 is 0 Å². The van der Waals surface area contributed by atoms with Crippen LogP contribution in [0.1, 0.15) is 36.2 Å². The van der Waals surface area contributed by atoms with Crippen molar-refractivity contribution >= 4 is 12.1 Å². The molecular weight excluding hydrogens is 360 g/mol. The Kier molecular flexibility index (Phi) is 8.14. The van der Waals surface area contributed by atoms with Crippen LogP contribution in [0, 0.1) is 0 Å². The fourth-order valence-electron chi connectivity index (χ4n) is 2.41. The summed E-state index contributed by atoms with van der Waals surface area (Å²) in [6.07, 6.45) is 2.42. The van der Waals surface area contributed by atoms with Crippen molar-refractivity contribution in [2.75, 3.05) is 27.4 Å². The highest BCUT2D eigenvalue weighted by Crippen LogP contribution is 2.28. The van der Waals surface area contributed by atoms with Gasteiger partial charge >= 0.3 is 0 Å². The molecule has 0 aromatic heterocycles. The normalized spacial score (nSPS) is 10.6. The summed E-state index contributed by atoms with van der Waals surface area (Å²) < 4.78 is 21.7. The Morgan fingerprint density at radius 1 is 0.964 bits per heavy atom. The summed E-state index contributed by atoms with van der Waals surface area (Å²) in [5.41, 5.74) is 3.68. The molecule has 0 atom stereocenters. The minimum atomic E-state index is -0.352. The van der Waals surface area contributed by atoms with E-state index in [1.165, 1.54) is 13.3 Å². The van der Waals surface area contributed by atoms with Crippen molar-refractivity contribution in [2.24, 2.45) is 5.10 Å². The maximum Gasteiger partial charge on any atom is 0.271 e. The van der Waals surface area contributed by atoms with Crippen LogP contribution in [0.15, 0.2) is 41.5 Å². The standard InChI is InChI=1S/C21H26N2O5/c1-5-11-28-18-10-8-16(13-20(18)26-4)21(24)23-22-14-15-7-9-17(27-6-2)19(12-15)25-3/h7-10,12-14H,5-6,11H2,1-4H3,(H,23,24)/b22-14+. The fraction of sp³-hybridized carbons (Fsp3) is 0.333. The van der Waals surface area contributed by atoms with Gasteiger partial charge in [-0.1, -0.05) is 6.92 Å². The number of hydrogen-bond acceptors (Lipinski definition) is 6. The third-order valence-corrected chi connectivity index (χ3v) is 3.75. The van der Waals surface area contributed by atoms with Gasteiger partial charge in [0.05, 0.1) is 33.6 Å². The van der Waals surface area contributed by atoms with Crippen LogP contribution in [-0.2, 0) is 0 Å². The highest BCUT2D eigenvalue weighted by molar-refractivity contribution is 5.95. The first-order valence-electron chi connectivity index (χ1n) is 9.08. The van der Waals surface area contributed by atoms with Gasteiger partial charge in [-0.15, -0.1) is 0 Å². The van der Waals surface area contributed by atoms with Gasteiger partial charge in [-0.05, 0) is 55.3 Å². The van der Waals surface area contributed by atoms with Gasteiger partial charge in [0.25, 0.3) is 5.91 Å². The molecule has 1 amide bonds. The Hall–Kier alpha value is -3.22. The Morgan fingerprint density at radius 2 is 1.64 bits per heavy atom. The molecule has 2 aromatic carbocycles. The summed E-state index contributed by atoms with van der Waals surface area (Å²) in [7, 11) is 3.11. The molecule has 150 valence electrons. The van der Waals surface area contributed by atoms with Crippen molar-refractivity contribution < 1.29 is 23.7 Å². The Morgan fingerprint density at radius 3 is 2.32 bits per heavy atom. The fourth-order valence-corrected chi connectivity index (χ4v) is 2.41. The van der Waals surface area contributed by atoms with Gasteiger partial charge in [0.1, 0.15) is 0 Å². The van der Waals surface area contributed by atoms with Crippen LogP contribution >= 0.6 is 0 Å². The molecule has 7 nitrogen and oxygen atoms in total. The van der Waals surface area contributed by atoms with Crippen LogP contribution in [0.5, 0.6) is 23.0 Å². The summed E-state index contributed by atoms with van der Waals surface area (Å²) in [5.74, 6) is 2.01. The third kappa shape index (κ3) is 5.64. The lowest BCUT2D eigenvalue weighted by atomic mass is 10.2. The number of benzene rings is 2. The Balaban J connectivity index is 2.05. The number of rotatable bonds is 10. The Bertz CT molecular complexity index is 820. The van der Waals surface area contributed by atoms with Crippen LogP contribution in [-0.4, -0.2) is 39.6 Å². The van der Waals surface area contributed by atoms with Gasteiger partial charge in [0.2, 0.25) is 0 Å². The first-order valence-corrected chi connectivity index (χ1v) is 9.08. The first kappa shape index (κ1) is 21.1. The van der Waals surface area contributed by atoms with E-state index in [1.807, 2.05) is 19.9 Å². The zero-order valence-electron chi connectivity index (χ0n) is 16.7. The molecule has 0 saturated heterocycles. The zero-order chi connectivity index (χ0) is 20.4. The van der Waals surface area contributed by atoms with Gasteiger partial charge in [-0.2, -0.15) is 5.10 Å². The van der Waals surface area contributed by atoms with E-state index in [4.69, 9.17) is 18.9 Å². The SMILES string of the molecule is CCCOc1ccc(C(=O)N/N=C/c2ccc(OCC)c(OC)c2)cc1OC. The second kappa shape index (κ2) is 10.8. The largest absolute Gasteiger partial charge is 0.493 e. The minimum Gasteiger partial charge on any atom is -0.493 e.